The molecule has 4 heterocycles. The number of likely N-dealkylation sites (N-methyl/N-ethyl adjacent to an activating group) is 1. The van der Waals surface area contributed by atoms with Gasteiger partial charge in [-0.25, -0.2) is 4.79 Å². The summed E-state index contributed by atoms with van der Waals surface area (Å²) in [5, 5.41) is 11.2. The van der Waals surface area contributed by atoms with E-state index in [0.717, 1.165) is 18.7 Å². The zero-order valence-corrected chi connectivity index (χ0v) is 18.9. The fourth-order valence-corrected chi connectivity index (χ4v) is 8.79. The molecule has 5 aliphatic rings. The van der Waals surface area contributed by atoms with E-state index < -0.39 is 52.5 Å². The van der Waals surface area contributed by atoms with Gasteiger partial charge >= 0.3 is 11.9 Å². The minimum Gasteiger partial charge on any atom is -0.469 e. The largest absolute Gasteiger partial charge is 0.469 e. The number of ether oxygens (including phenoxy) is 3. The molecule has 4 aliphatic heterocycles. The Balaban J connectivity index is 1.75. The van der Waals surface area contributed by atoms with Crippen LogP contribution in [-0.2, 0) is 29.2 Å². The molecule has 8 atom stereocenters. The molecule has 4 fully saturated rings. The van der Waals surface area contributed by atoms with Crippen molar-refractivity contribution in [1.29, 1.82) is 0 Å². The van der Waals surface area contributed by atoms with Crippen molar-refractivity contribution in [2.75, 3.05) is 39.3 Å². The smallest absolute Gasteiger partial charge is 0.341 e. The second kappa shape index (κ2) is 6.24. The molecule has 0 amide bonds. The zero-order valence-electron chi connectivity index (χ0n) is 18.9. The van der Waals surface area contributed by atoms with E-state index in [-0.39, 0.29) is 6.04 Å². The first-order chi connectivity index (χ1) is 15.4. The molecule has 1 aliphatic carbocycles. The van der Waals surface area contributed by atoms with E-state index in [9.17, 15) is 14.7 Å². The van der Waals surface area contributed by atoms with E-state index in [0.29, 0.717) is 13.0 Å². The lowest BCUT2D eigenvalue weighted by Gasteiger charge is -2.61. The minimum atomic E-state index is -1.58. The molecule has 6 rings (SSSR count). The summed E-state index contributed by atoms with van der Waals surface area (Å²) in [6.07, 6.45) is -0.0622. The quantitative estimate of drug-likeness (QED) is 0.685. The van der Waals surface area contributed by atoms with Gasteiger partial charge in [0.05, 0.1) is 32.5 Å². The number of para-hydroxylation sites is 1. The number of piperidine rings is 1. The first kappa shape index (κ1) is 20.4. The van der Waals surface area contributed by atoms with Crippen LogP contribution in [0.4, 0.5) is 5.69 Å². The molecule has 1 aromatic rings. The fraction of sp³-hybridized carbons (Fsp3) is 0.667. The van der Waals surface area contributed by atoms with Gasteiger partial charge in [-0.2, -0.15) is 0 Å². The number of rotatable bonds is 3. The molecule has 8 heteroatoms. The first-order valence-electron chi connectivity index (χ1n) is 11.4. The monoisotopic (exact) mass is 442 g/mol. The van der Waals surface area contributed by atoms with Crippen molar-refractivity contribution in [3.8, 4) is 0 Å². The molecular formula is C24H30N2O6. The van der Waals surface area contributed by atoms with E-state index in [1.54, 1.807) is 0 Å². The highest BCUT2D eigenvalue weighted by atomic mass is 16.6. The van der Waals surface area contributed by atoms with Crippen molar-refractivity contribution in [1.82, 2.24) is 4.90 Å². The molecule has 3 saturated heterocycles. The number of carbonyl (C=O) groups is 2. The van der Waals surface area contributed by atoms with E-state index in [1.165, 1.54) is 19.8 Å². The maximum absolute atomic E-state index is 13.8. The van der Waals surface area contributed by atoms with E-state index in [1.807, 2.05) is 26.1 Å². The van der Waals surface area contributed by atoms with Gasteiger partial charge in [0.15, 0.2) is 0 Å². The molecule has 32 heavy (non-hydrogen) atoms. The number of hydrogen-bond donors (Lipinski definition) is 1. The van der Waals surface area contributed by atoms with Crippen LogP contribution in [0.3, 0.4) is 0 Å². The summed E-state index contributed by atoms with van der Waals surface area (Å²) in [5.41, 5.74) is -0.529. The lowest BCUT2D eigenvalue weighted by Crippen LogP contribution is -2.78. The van der Waals surface area contributed by atoms with Gasteiger partial charge in [-0.15, -0.1) is 0 Å². The van der Waals surface area contributed by atoms with Crippen molar-refractivity contribution in [2.24, 2.45) is 11.3 Å². The van der Waals surface area contributed by atoms with Crippen LogP contribution < -0.4 is 4.90 Å². The van der Waals surface area contributed by atoms with Crippen LogP contribution in [0.25, 0.3) is 0 Å². The standard InChI is InChI=1S/C24H30N2O6/c1-5-22-16(18(28)30-3)24(21(29)31-4)20-23(13-8-6-7-9-14(13)25(20)2)10-11-26(19(22)23)12-15(27)17(22)32-24/h6-9,15-17,19-20,27H,5,10-12H2,1-4H3. The summed E-state index contributed by atoms with van der Waals surface area (Å²) in [6, 6.07) is 7.76. The predicted molar refractivity (Wildman–Crippen MR) is 114 cm³/mol. The summed E-state index contributed by atoms with van der Waals surface area (Å²) >= 11 is 0. The first-order valence-corrected chi connectivity index (χ1v) is 11.4. The Kier molecular flexibility index (Phi) is 3.99. The van der Waals surface area contributed by atoms with E-state index in [2.05, 4.69) is 21.9 Å². The van der Waals surface area contributed by atoms with Gasteiger partial charge in [-0.05, 0) is 31.0 Å². The second-order valence-corrected chi connectivity index (χ2v) is 10.0. The van der Waals surface area contributed by atoms with E-state index >= 15 is 0 Å². The Morgan fingerprint density at radius 2 is 1.97 bits per heavy atom. The molecule has 1 saturated carbocycles. The van der Waals surface area contributed by atoms with Crippen LogP contribution in [0.5, 0.6) is 0 Å². The number of fused-ring (bicyclic) bond motifs is 3. The number of aliphatic hydroxyl groups excluding tert-OH is 1. The Morgan fingerprint density at radius 3 is 2.66 bits per heavy atom. The molecule has 1 N–H and O–H groups in total. The third kappa shape index (κ3) is 1.82. The number of hydrogen-bond acceptors (Lipinski definition) is 8. The number of benzene rings is 1. The number of nitrogens with zero attached hydrogens (tertiary/aromatic N) is 2. The van der Waals surface area contributed by atoms with Gasteiger partial charge in [-0.3, -0.25) is 9.69 Å². The minimum absolute atomic E-state index is 0.0612. The lowest BCUT2D eigenvalue weighted by molar-refractivity contribution is -0.189. The number of aliphatic hydroxyl groups is 1. The summed E-state index contributed by atoms with van der Waals surface area (Å²) < 4.78 is 17.4. The van der Waals surface area contributed by atoms with Crippen molar-refractivity contribution in [3.63, 3.8) is 0 Å². The van der Waals surface area contributed by atoms with Gasteiger partial charge < -0.3 is 24.2 Å². The highest BCUT2D eigenvalue weighted by Gasteiger charge is 2.88. The summed E-state index contributed by atoms with van der Waals surface area (Å²) in [6.45, 7) is 3.29. The second-order valence-electron chi connectivity index (χ2n) is 10.0. The van der Waals surface area contributed by atoms with Crippen LogP contribution in [-0.4, -0.2) is 86.2 Å². The predicted octanol–water partition coefficient (Wildman–Crippen LogP) is 0.701. The van der Waals surface area contributed by atoms with Gasteiger partial charge in [0.1, 0.15) is 5.92 Å². The molecular weight excluding hydrogens is 412 g/mol. The molecule has 2 bridgehead atoms. The Morgan fingerprint density at radius 1 is 1.22 bits per heavy atom. The van der Waals surface area contributed by atoms with E-state index in [4.69, 9.17) is 14.2 Å². The highest BCUT2D eigenvalue weighted by Crippen LogP contribution is 2.74. The molecule has 8 unspecified atom stereocenters. The van der Waals surface area contributed by atoms with Gasteiger partial charge in [-0.1, -0.05) is 25.1 Å². The van der Waals surface area contributed by atoms with Crippen molar-refractivity contribution in [3.05, 3.63) is 29.8 Å². The number of anilines is 1. The molecule has 8 nitrogen and oxygen atoms in total. The average molecular weight is 443 g/mol. The van der Waals surface area contributed by atoms with Gasteiger partial charge in [0.25, 0.3) is 0 Å². The Bertz CT molecular complexity index is 1020. The third-order valence-corrected chi connectivity index (χ3v) is 9.38. The van der Waals surface area contributed by atoms with Crippen molar-refractivity contribution in [2.45, 2.75) is 55.1 Å². The zero-order chi connectivity index (χ0) is 22.6. The lowest BCUT2D eigenvalue weighted by atomic mass is 9.45. The van der Waals surface area contributed by atoms with Crippen molar-refractivity contribution < 1.29 is 28.9 Å². The highest BCUT2D eigenvalue weighted by molar-refractivity contribution is 5.93. The Labute approximate surface area is 187 Å². The number of esters is 2. The molecule has 0 radical (unpaired) electrons. The van der Waals surface area contributed by atoms with Crippen LogP contribution in [0.15, 0.2) is 24.3 Å². The van der Waals surface area contributed by atoms with Gasteiger partial charge in [0, 0.05) is 36.2 Å². The number of carbonyl (C=O) groups excluding carboxylic acids is 2. The van der Waals surface area contributed by atoms with Crippen LogP contribution in [0.2, 0.25) is 0 Å². The maximum Gasteiger partial charge on any atom is 0.341 e. The maximum atomic E-state index is 13.8. The van der Waals surface area contributed by atoms with Gasteiger partial charge in [0.2, 0.25) is 5.60 Å². The summed E-state index contributed by atoms with van der Waals surface area (Å²) in [4.78, 5) is 31.7. The van der Waals surface area contributed by atoms with Crippen LogP contribution in [0, 0.1) is 11.3 Å². The van der Waals surface area contributed by atoms with Crippen LogP contribution in [0.1, 0.15) is 25.3 Å². The van der Waals surface area contributed by atoms with Crippen LogP contribution >= 0.6 is 0 Å². The molecule has 1 spiro atoms. The third-order valence-electron chi connectivity index (χ3n) is 9.38. The molecule has 0 aromatic heterocycles. The molecule has 1 aromatic carbocycles. The summed E-state index contributed by atoms with van der Waals surface area (Å²) in [7, 11) is 4.67. The normalized spacial score (nSPS) is 45.4. The Hall–Kier alpha value is -2.16. The fourth-order valence-electron chi connectivity index (χ4n) is 8.79. The topological polar surface area (TPSA) is 88.5 Å². The number of methoxy groups -OCH3 is 2. The van der Waals surface area contributed by atoms with Crippen molar-refractivity contribution >= 4 is 17.6 Å². The molecule has 172 valence electrons. The average Bonchev–Trinajstić information content (AvgIpc) is 3.41. The SMILES string of the molecule is CCC12C3OC(C(=O)OC)(C4N(C)c5ccccc5C45CCN(CC3O)C51)C2C(=O)OC. The summed E-state index contributed by atoms with van der Waals surface area (Å²) in [5.74, 6) is -1.92.